The van der Waals surface area contributed by atoms with Crippen LogP contribution >= 0.6 is 0 Å². The van der Waals surface area contributed by atoms with Gasteiger partial charge in [-0.2, -0.15) is 0 Å². The third kappa shape index (κ3) is 1.97. The van der Waals surface area contributed by atoms with Crippen LogP contribution in [0.2, 0.25) is 0 Å². The van der Waals surface area contributed by atoms with Gasteiger partial charge >= 0.3 is 0 Å². The number of benzene rings is 3. The Morgan fingerprint density at radius 2 is 1.50 bits per heavy atom. The molecule has 3 aromatic carbocycles. The van der Waals surface area contributed by atoms with Crippen molar-refractivity contribution in [2.24, 2.45) is 0 Å². The van der Waals surface area contributed by atoms with Crippen LogP contribution in [0.1, 0.15) is 26.3 Å². The second-order valence-corrected chi connectivity index (χ2v) is 6.99. The molecule has 0 saturated carbocycles. The molecule has 0 aliphatic rings. The molecule has 0 radical (unpaired) electrons. The van der Waals surface area contributed by atoms with Gasteiger partial charge in [-0.3, -0.25) is 4.98 Å². The first-order valence-electron chi connectivity index (χ1n) is 7.75. The minimum atomic E-state index is 0.153. The molecular weight excluding hydrogens is 266 g/mol. The Labute approximate surface area is 130 Å². The number of hydrogen-bond donors (Lipinski definition) is 0. The van der Waals surface area contributed by atoms with Crippen molar-refractivity contribution in [3.8, 4) is 0 Å². The summed E-state index contributed by atoms with van der Waals surface area (Å²) in [7, 11) is 0. The first-order chi connectivity index (χ1) is 10.5. The summed E-state index contributed by atoms with van der Waals surface area (Å²) < 4.78 is 0. The molecule has 0 aliphatic heterocycles. The van der Waals surface area contributed by atoms with Gasteiger partial charge in [-0.25, -0.2) is 0 Å². The number of aromatic nitrogens is 1. The quantitative estimate of drug-likeness (QED) is 0.370. The molecule has 4 aromatic rings. The molecule has 1 heterocycles. The van der Waals surface area contributed by atoms with E-state index >= 15 is 0 Å². The summed E-state index contributed by atoms with van der Waals surface area (Å²) >= 11 is 0. The normalized spacial score (nSPS) is 12.3. The maximum Gasteiger partial charge on any atom is 0.0786 e. The average molecular weight is 285 g/mol. The van der Waals surface area contributed by atoms with Gasteiger partial charge in [0, 0.05) is 22.4 Å². The largest absolute Gasteiger partial charge is 0.255 e. The van der Waals surface area contributed by atoms with Crippen LogP contribution in [0.4, 0.5) is 0 Å². The second kappa shape index (κ2) is 4.54. The second-order valence-electron chi connectivity index (χ2n) is 6.99. The van der Waals surface area contributed by atoms with Gasteiger partial charge in [0.1, 0.15) is 0 Å². The molecule has 0 amide bonds. The molecule has 1 heteroatoms. The first kappa shape index (κ1) is 13.3. The van der Waals surface area contributed by atoms with Gasteiger partial charge in [-0.1, -0.05) is 69.3 Å². The predicted octanol–water partition coefficient (Wildman–Crippen LogP) is 5.84. The fourth-order valence-electron chi connectivity index (χ4n) is 3.11. The van der Waals surface area contributed by atoms with Gasteiger partial charge in [-0.05, 0) is 27.8 Å². The van der Waals surface area contributed by atoms with E-state index in [1.807, 2.05) is 6.20 Å². The molecule has 1 nitrogen and oxygen atoms in total. The molecule has 0 spiro atoms. The first-order valence-corrected chi connectivity index (χ1v) is 7.75. The van der Waals surface area contributed by atoms with Crippen LogP contribution in [0.25, 0.3) is 32.4 Å². The lowest BCUT2D eigenvalue weighted by Crippen LogP contribution is -2.10. The number of rotatable bonds is 0. The van der Waals surface area contributed by atoms with Crippen molar-refractivity contribution in [1.29, 1.82) is 0 Å². The van der Waals surface area contributed by atoms with Crippen LogP contribution < -0.4 is 0 Å². The third-order valence-electron chi connectivity index (χ3n) is 4.44. The molecule has 108 valence electrons. The van der Waals surface area contributed by atoms with Gasteiger partial charge in [0.05, 0.1) is 5.52 Å². The van der Waals surface area contributed by atoms with Crippen LogP contribution in [0, 0.1) is 0 Å². The van der Waals surface area contributed by atoms with Crippen molar-refractivity contribution < 1.29 is 0 Å². The predicted molar refractivity (Wildman–Crippen MR) is 95.5 cm³/mol. The molecular formula is C21H19N. The van der Waals surface area contributed by atoms with Crippen molar-refractivity contribution >= 4 is 32.4 Å². The van der Waals surface area contributed by atoms with E-state index in [9.17, 15) is 0 Å². The van der Waals surface area contributed by atoms with Crippen molar-refractivity contribution in [2.45, 2.75) is 26.2 Å². The molecule has 0 aliphatic carbocycles. The number of hydrogen-bond acceptors (Lipinski definition) is 1. The Bertz CT molecular complexity index is 1010. The molecule has 0 atom stereocenters. The van der Waals surface area contributed by atoms with Crippen molar-refractivity contribution in [2.75, 3.05) is 0 Å². The summed E-state index contributed by atoms with van der Waals surface area (Å²) in [6, 6.07) is 19.6. The van der Waals surface area contributed by atoms with Gasteiger partial charge in [0.15, 0.2) is 0 Å². The van der Waals surface area contributed by atoms with E-state index in [1.165, 1.54) is 32.5 Å². The lowest BCUT2D eigenvalue weighted by molar-refractivity contribution is 0.591. The van der Waals surface area contributed by atoms with E-state index < -0.39 is 0 Å². The van der Waals surface area contributed by atoms with E-state index in [-0.39, 0.29) is 5.41 Å². The van der Waals surface area contributed by atoms with E-state index in [2.05, 4.69) is 75.4 Å². The molecule has 0 unspecified atom stereocenters. The maximum absolute atomic E-state index is 4.73. The summed E-state index contributed by atoms with van der Waals surface area (Å²) in [5, 5.41) is 6.21. The van der Waals surface area contributed by atoms with Gasteiger partial charge < -0.3 is 0 Å². The monoisotopic (exact) mass is 285 g/mol. The molecule has 22 heavy (non-hydrogen) atoms. The summed E-state index contributed by atoms with van der Waals surface area (Å²) in [5.41, 5.74) is 2.61. The van der Waals surface area contributed by atoms with Crippen molar-refractivity contribution in [3.05, 3.63) is 66.4 Å². The molecule has 0 N–H and O–H groups in total. The van der Waals surface area contributed by atoms with Gasteiger partial charge in [0.2, 0.25) is 0 Å². The zero-order valence-corrected chi connectivity index (χ0v) is 13.2. The minimum Gasteiger partial charge on any atom is -0.255 e. The van der Waals surface area contributed by atoms with E-state index in [0.717, 1.165) is 5.52 Å². The summed E-state index contributed by atoms with van der Waals surface area (Å²) in [6.07, 6.45) is 2.00. The molecule has 0 bridgehead atoms. The van der Waals surface area contributed by atoms with Crippen LogP contribution in [0.5, 0.6) is 0 Å². The van der Waals surface area contributed by atoms with E-state index in [0.29, 0.717) is 0 Å². The minimum absolute atomic E-state index is 0.153. The number of fused-ring (bicyclic) bond motifs is 5. The highest BCUT2D eigenvalue weighted by atomic mass is 14.7. The zero-order chi connectivity index (χ0) is 15.3. The summed E-state index contributed by atoms with van der Waals surface area (Å²) in [6.45, 7) is 6.77. The van der Waals surface area contributed by atoms with E-state index in [1.54, 1.807) is 0 Å². The highest BCUT2D eigenvalue weighted by Crippen LogP contribution is 2.32. The average Bonchev–Trinajstić information content (AvgIpc) is 2.53. The third-order valence-corrected chi connectivity index (χ3v) is 4.44. The van der Waals surface area contributed by atoms with Crippen molar-refractivity contribution in [1.82, 2.24) is 4.98 Å². The Kier molecular flexibility index (Phi) is 2.74. The molecule has 1 aromatic heterocycles. The highest BCUT2D eigenvalue weighted by Gasteiger charge is 2.15. The topological polar surface area (TPSA) is 12.9 Å². The standard InChI is InChI=1S/C21H19N/c1-21(2,3)16-10-8-15-13-22-20-17-7-5-4-6-14(17)9-11-18(20)19(15)12-16/h4-13H,1-3H3. The Hall–Kier alpha value is -2.41. The molecule has 4 rings (SSSR count). The van der Waals surface area contributed by atoms with Crippen LogP contribution in [0.15, 0.2) is 60.8 Å². The number of pyridine rings is 1. The van der Waals surface area contributed by atoms with Crippen LogP contribution in [-0.2, 0) is 5.41 Å². The van der Waals surface area contributed by atoms with Gasteiger partial charge in [-0.15, -0.1) is 0 Å². The maximum atomic E-state index is 4.73. The van der Waals surface area contributed by atoms with Crippen LogP contribution in [-0.4, -0.2) is 4.98 Å². The van der Waals surface area contributed by atoms with E-state index in [4.69, 9.17) is 4.98 Å². The zero-order valence-electron chi connectivity index (χ0n) is 13.2. The molecule has 0 fully saturated rings. The molecule has 0 saturated heterocycles. The fraction of sp³-hybridized carbons (Fsp3) is 0.190. The Balaban J connectivity index is 2.15. The SMILES string of the molecule is CC(C)(C)c1ccc2cnc3c4ccccc4ccc3c2c1. The van der Waals surface area contributed by atoms with Crippen molar-refractivity contribution in [3.63, 3.8) is 0 Å². The Morgan fingerprint density at radius 3 is 2.32 bits per heavy atom. The summed E-state index contributed by atoms with van der Waals surface area (Å²) in [4.78, 5) is 4.73. The Morgan fingerprint density at radius 1 is 0.727 bits per heavy atom. The fourth-order valence-corrected chi connectivity index (χ4v) is 3.11. The van der Waals surface area contributed by atoms with Gasteiger partial charge in [0.25, 0.3) is 0 Å². The highest BCUT2D eigenvalue weighted by molar-refractivity contribution is 6.15. The smallest absolute Gasteiger partial charge is 0.0786 e. The van der Waals surface area contributed by atoms with Crippen LogP contribution in [0.3, 0.4) is 0 Å². The lowest BCUT2D eigenvalue weighted by Gasteiger charge is -2.20. The lowest BCUT2D eigenvalue weighted by atomic mass is 9.85. The number of nitrogens with zero attached hydrogens (tertiary/aromatic N) is 1. The summed E-state index contributed by atoms with van der Waals surface area (Å²) in [5.74, 6) is 0.